The summed E-state index contributed by atoms with van der Waals surface area (Å²) in [5.74, 6) is 0.00873. The van der Waals surface area contributed by atoms with E-state index in [1.165, 1.54) is 14.0 Å². The van der Waals surface area contributed by atoms with Crippen LogP contribution in [0, 0.1) is 5.21 Å². The molecule has 14 heavy (non-hydrogen) atoms. The average Bonchev–Trinajstić information content (AvgIpc) is 2.15. The minimum Gasteiger partial charge on any atom is -0.696 e. The predicted octanol–water partition coefficient (Wildman–Crippen LogP) is 1.81. The van der Waals surface area contributed by atoms with Crippen molar-refractivity contribution < 1.29 is 9.66 Å². The largest absolute Gasteiger partial charge is 0.696 e. The Labute approximate surface area is 81.6 Å². The van der Waals surface area contributed by atoms with Crippen LogP contribution in [0.2, 0.25) is 0 Å². The second-order valence-electron chi connectivity index (χ2n) is 2.81. The van der Waals surface area contributed by atoms with E-state index in [9.17, 15) is 10.0 Å². The molecule has 0 saturated heterocycles. The van der Waals surface area contributed by atoms with Crippen LogP contribution in [-0.4, -0.2) is 17.7 Å². The lowest BCUT2D eigenvalue weighted by Gasteiger charge is -1.98. The van der Waals surface area contributed by atoms with Gasteiger partial charge in [-0.1, -0.05) is 0 Å². The van der Waals surface area contributed by atoms with Crippen molar-refractivity contribution >= 4 is 11.5 Å². The number of carbonyl (C=O) groups is 1. The summed E-state index contributed by atoms with van der Waals surface area (Å²) in [4.78, 5) is 11.3. The second kappa shape index (κ2) is 4.36. The van der Waals surface area contributed by atoms with E-state index in [1.54, 1.807) is 24.3 Å². The molecule has 0 aliphatic carbocycles. The van der Waals surface area contributed by atoms with Gasteiger partial charge < -0.3 is 5.21 Å². The molecule has 74 valence electrons. The maximum Gasteiger partial charge on any atom is 0.159 e. The normalized spacial score (nSPS) is 11.1. The molecule has 1 N–H and O–H groups in total. The quantitative estimate of drug-likeness (QED) is 0.344. The number of ketones is 1. The average molecular weight is 193 g/mol. The molecular weight excluding hydrogens is 182 g/mol. The Bertz CT molecular complexity index is 353. The van der Waals surface area contributed by atoms with Crippen LogP contribution in [0.1, 0.15) is 17.3 Å². The first kappa shape index (κ1) is 10.2. The van der Waals surface area contributed by atoms with Crippen LogP contribution in [0.4, 0.5) is 5.69 Å². The number of rotatable bonds is 3. The van der Waals surface area contributed by atoms with E-state index >= 15 is 0 Å². The summed E-state index contributed by atoms with van der Waals surface area (Å²) in [6.07, 6.45) is 0. The standard InChI is InChI=1S/C9H11N3O2/c1-7(13)8-3-5-9(6-4-8)10-11-12(2)14/h3-6,10H,1-2H3/b12-11+. The number of hydroxylamine groups is 1. The molecule has 0 aliphatic rings. The molecule has 0 saturated carbocycles. The lowest BCUT2D eigenvalue weighted by molar-refractivity contribution is -0.497. The molecule has 0 aliphatic heterocycles. The van der Waals surface area contributed by atoms with Gasteiger partial charge in [0.1, 0.15) is 12.7 Å². The van der Waals surface area contributed by atoms with E-state index in [-0.39, 0.29) is 5.78 Å². The van der Waals surface area contributed by atoms with E-state index in [0.29, 0.717) is 16.1 Å². The highest BCUT2D eigenvalue weighted by Gasteiger charge is 2.00. The van der Waals surface area contributed by atoms with E-state index in [2.05, 4.69) is 10.6 Å². The fourth-order valence-electron chi connectivity index (χ4n) is 0.908. The van der Waals surface area contributed by atoms with Crippen molar-refractivity contribution in [3.05, 3.63) is 35.0 Å². The Hall–Kier alpha value is -1.91. The Balaban J connectivity index is 2.74. The summed E-state index contributed by atoms with van der Waals surface area (Å²) >= 11 is 0. The van der Waals surface area contributed by atoms with Crippen molar-refractivity contribution in [2.45, 2.75) is 6.92 Å². The zero-order chi connectivity index (χ0) is 10.6. The van der Waals surface area contributed by atoms with Crippen molar-refractivity contribution in [2.24, 2.45) is 5.22 Å². The van der Waals surface area contributed by atoms with Gasteiger partial charge in [-0.2, -0.15) is 4.86 Å². The van der Waals surface area contributed by atoms with Gasteiger partial charge in [-0.15, -0.1) is 5.43 Å². The molecule has 0 spiro atoms. The molecule has 0 unspecified atom stereocenters. The fourth-order valence-corrected chi connectivity index (χ4v) is 0.908. The first-order chi connectivity index (χ1) is 6.59. The summed E-state index contributed by atoms with van der Waals surface area (Å²) in [5, 5.41) is 13.8. The van der Waals surface area contributed by atoms with Gasteiger partial charge >= 0.3 is 0 Å². The van der Waals surface area contributed by atoms with Crippen molar-refractivity contribution in [3.63, 3.8) is 0 Å². The van der Waals surface area contributed by atoms with Crippen LogP contribution in [0.3, 0.4) is 0 Å². The molecule has 0 radical (unpaired) electrons. The van der Waals surface area contributed by atoms with Crippen LogP contribution < -0.4 is 5.43 Å². The van der Waals surface area contributed by atoms with Crippen molar-refractivity contribution in [3.8, 4) is 0 Å². The van der Waals surface area contributed by atoms with Crippen LogP contribution >= 0.6 is 0 Å². The van der Waals surface area contributed by atoms with Gasteiger partial charge in [-0.3, -0.25) is 4.79 Å². The Morgan fingerprint density at radius 1 is 1.43 bits per heavy atom. The minimum absolute atomic E-state index is 0.00873. The molecule has 1 aromatic rings. The Kier molecular flexibility index (Phi) is 3.17. The third-order valence-electron chi connectivity index (χ3n) is 1.61. The second-order valence-corrected chi connectivity index (χ2v) is 2.81. The highest BCUT2D eigenvalue weighted by molar-refractivity contribution is 5.94. The van der Waals surface area contributed by atoms with Crippen molar-refractivity contribution in [1.82, 2.24) is 0 Å². The molecule has 0 fully saturated rings. The predicted molar refractivity (Wildman–Crippen MR) is 52.0 cm³/mol. The van der Waals surface area contributed by atoms with Crippen molar-refractivity contribution in [2.75, 3.05) is 12.5 Å². The van der Waals surface area contributed by atoms with E-state index in [1.807, 2.05) is 0 Å². The smallest absolute Gasteiger partial charge is 0.159 e. The monoisotopic (exact) mass is 193 g/mol. The topological polar surface area (TPSA) is 67.5 Å². The number of nitrogens with one attached hydrogen (secondary N) is 1. The summed E-state index contributed by atoms with van der Waals surface area (Å²) in [5.41, 5.74) is 3.83. The molecule has 0 bridgehead atoms. The Morgan fingerprint density at radius 2 is 2.00 bits per heavy atom. The number of nitrogens with zero attached hydrogens (tertiary/aromatic N) is 2. The van der Waals surface area contributed by atoms with E-state index < -0.39 is 0 Å². The highest BCUT2D eigenvalue weighted by Crippen LogP contribution is 2.09. The third kappa shape index (κ3) is 2.85. The fraction of sp³-hybridized carbons (Fsp3) is 0.222. The lowest BCUT2D eigenvalue weighted by Crippen LogP contribution is -1.97. The number of hydrogen-bond acceptors (Lipinski definition) is 3. The molecule has 1 rings (SSSR count). The molecule has 5 heteroatoms. The first-order valence-corrected chi connectivity index (χ1v) is 4.08. The van der Waals surface area contributed by atoms with Gasteiger partial charge in [0.2, 0.25) is 0 Å². The van der Waals surface area contributed by atoms with Gasteiger partial charge in [0.15, 0.2) is 5.78 Å². The first-order valence-electron chi connectivity index (χ1n) is 4.08. The number of benzene rings is 1. The van der Waals surface area contributed by atoms with Gasteiger partial charge in [0.25, 0.3) is 0 Å². The van der Waals surface area contributed by atoms with Gasteiger partial charge in [-0.05, 0) is 31.2 Å². The molecule has 5 nitrogen and oxygen atoms in total. The van der Waals surface area contributed by atoms with Crippen LogP contribution in [-0.2, 0) is 0 Å². The highest BCUT2D eigenvalue weighted by atomic mass is 16.5. The van der Waals surface area contributed by atoms with Crippen LogP contribution in [0.25, 0.3) is 0 Å². The SMILES string of the molecule is CC(=O)c1ccc(N/N=[N+](\C)[O-])cc1. The zero-order valence-electron chi connectivity index (χ0n) is 8.02. The molecule has 0 heterocycles. The maximum atomic E-state index is 10.9. The molecule has 0 aromatic heterocycles. The number of anilines is 1. The zero-order valence-corrected chi connectivity index (χ0v) is 8.02. The number of carbonyl (C=O) groups excluding carboxylic acids is 1. The number of hydrogen-bond donors (Lipinski definition) is 1. The Morgan fingerprint density at radius 3 is 2.43 bits per heavy atom. The maximum absolute atomic E-state index is 10.9. The third-order valence-corrected chi connectivity index (χ3v) is 1.61. The minimum atomic E-state index is 0.00873. The van der Waals surface area contributed by atoms with E-state index in [4.69, 9.17) is 0 Å². The molecular formula is C9H11N3O2. The van der Waals surface area contributed by atoms with Crippen LogP contribution in [0.5, 0.6) is 0 Å². The summed E-state index contributed by atoms with van der Waals surface area (Å²) in [6, 6.07) is 6.71. The molecule has 0 atom stereocenters. The summed E-state index contributed by atoms with van der Waals surface area (Å²) < 4.78 is 0. The van der Waals surface area contributed by atoms with Gasteiger partial charge in [0, 0.05) is 5.56 Å². The van der Waals surface area contributed by atoms with Gasteiger partial charge in [0.05, 0.1) is 5.22 Å². The number of Topliss-reactive ketones (excluding diaryl/α,β-unsaturated/α-hetero) is 1. The lowest BCUT2D eigenvalue weighted by atomic mass is 10.1. The van der Waals surface area contributed by atoms with Crippen molar-refractivity contribution in [1.29, 1.82) is 0 Å². The molecule has 0 amide bonds. The van der Waals surface area contributed by atoms with Crippen LogP contribution in [0.15, 0.2) is 29.5 Å². The van der Waals surface area contributed by atoms with E-state index in [0.717, 1.165) is 0 Å². The summed E-state index contributed by atoms with van der Waals surface area (Å²) in [7, 11) is 1.27. The molecule has 1 aromatic carbocycles. The van der Waals surface area contributed by atoms with Gasteiger partial charge in [-0.25, -0.2) is 0 Å². The summed E-state index contributed by atoms with van der Waals surface area (Å²) in [6.45, 7) is 1.50.